The van der Waals surface area contributed by atoms with E-state index in [1.54, 1.807) is 18.2 Å². The van der Waals surface area contributed by atoms with Crippen molar-refractivity contribution in [2.75, 3.05) is 0 Å². The summed E-state index contributed by atoms with van der Waals surface area (Å²) in [5, 5.41) is 3.76. The number of carbonyl (C=O) groups excluding carboxylic acids is 2. The Bertz CT molecular complexity index is 957. The molecule has 0 bridgehead atoms. The van der Waals surface area contributed by atoms with Crippen molar-refractivity contribution in [3.05, 3.63) is 71.5 Å². The SMILES string of the molecule is Cc1c(C(=O)O[C@@H](C(=O)NC2CC2)c2ccccc2)oc2ccccc12. The topological polar surface area (TPSA) is 68.5 Å². The molecule has 0 radical (unpaired) electrons. The van der Waals surface area contributed by atoms with Gasteiger partial charge in [0.2, 0.25) is 11.9 Å². The maximum atomic E-state index is 12.7. The summed E-state index contributed by atoms with van der Waals surface area (Å²) in [5.41, 5.74) is 1.96. The van der Waals surface area contributed by atoms with Gasteiger partial charge in [-0.1, -0.05) is 48.5 Å². The lowest BCUT2D eigenvalue weighted by atomic mass is 10.1. The highest BCUT2D eigenvalue weighted by molar-refractivity contribution is 5.97. The number of hydrogen-bond acceptors (Lipinski definition) is 4. The van der Waals surface area contributed by atoms with Crippen LogP contribution in [0.3, 0.4) is 0 Å². The van der Waals surface area contributed by atoms with Crippen LogP contribution in [0, 0.1) is 6.92 Å². The van der Waals surface area contributed by atoms with Gasteiger partial charge in [0.05, 0.1) is 0 Å². The fourth-order valence-corrected chi connectivity index (χ4v) is 2.93. The second-order valence-corrected chi connectivity index (χ2v) is 6.53. The molecule has 0 unspecified atom stereocenters. The standard InChI is InChI=1S/C21H19NO4/c1-13-16-9-5-6-10-17(16)25-18(13)21(24)26-19(14-7-3-2-4-8-14)20(23)22-15-11-12-15/h2-10,15,19H,11-12H2,1H3,(H,22,23)/t19-/m1/s1. The highest BCUT2D eigenvalue weighted by atomic mass is 16.6. The number of esters is 1. The normalized spacial score (nSPS) is 14.8. The molecule has 0 aliphatic heterocycles. The number of rotatable bonds is 5. The molecule has 1 heterocycles. The van der Waals surface area contributed by atoms with Gasteiger partial charge in [-0.3, -0.25) is 4.79 Å². The van der Waals surface area contributed by atoms with Crippen molar-refractivity contribution in [2.45, 2.75) is 31.9 Å². The predicted molar refractivity (Wildman–Crippen MR) is 96.7 cm³/mol. The van der Waals surface area contributed by atoms with Gasteiger partial charge in [0, 0.05) is 22.6 Å². The third-order valence-corrected chi connectivity index (χ3v) is 4.52. The van der Waals surface area contributed by atoms with E-state index in [0.29, 0.717) is 16.7 Å². The summed E-state index contributed by atoms with van der Waals surface area (Å²) in [6, 6.07) is 16.6. The van der Waals surface area contributed by atoms with Crippen molar-refractivity contribution in [3.8, 4) is 0 Å². The minimum atomic E-state index is -1.00. The van der Waals surface area contributed by atoms with Gasteiger partial charge in [0.1, 0.15) is 5.58 Å². The Morgan fingerprint density at radius 3 is 2.46 bits per heavy atom. The number of ether oxygens (including phenoxy) is 1. The van der Waals surface area contributed by atoms with Gasteiger partial charge in [-0.2, -0.15) is 0 Å². The molecule has 1 fully saturated rings. The van der Waals surface area contributed by atoms with Crippen molar-refractivity contribution < 1.29 is 18.7 Å². The Balaban J connectivity index is 1.62. The Labute approximate surface area is 150 Å². The quantitative estimate of drug-likeness (QED) is 0.709. The summed E-state index contributed by atoms with van der Waals surface area (Å²) in [5.74, 6) is -0.814. The van der Waals surface area contributed by atoms with Crippen LogP contribution in [0.15, 0.2) is 59.0 Å². The monoisotopic (exact) mass is 349 g/mol. The summed E-state index contributed by atoms with van der Waals surface area (Å²) in [6.07, 6.45) is 0.922. The smallest absolute Gasteiger partial charge is 0.375 e. The molecule has 1 amide bonds. The maximum Gasteiger partial charge on any atom is 0.375 e. The number of furan rings is 1. The molecule has 4 rings (SSSR count). The molecule has 26 heavy (non-hydrogen) atoms. The van der Waals surface area contributed by atoms with Gasteiger partial charge in [0.15, 0.2) is 0 Å². The minimum absolute atomic E-state index is 0.131. The van der Waals surface area contributed by atoms with Gasteiger partial charge < -0.3 is 14.5 Å². The van der Waals surface area contributed by atoms with Crippen LogP contribution in [0.25, 0.3) is 11.0 Å². The fourth-order valence-electron chi connectivity index (χ4n) is 2.93. The zero-order chi connectivity index (χ0) is 18.1. The van der Waals surface area contributed by atoms with Crippen molar-refractivity contribution in [1.29, 1.82) is 0 Å². The second-order valence-electron chi connectivity index (χ2n) is 6.53. The molecule has 0 spiro atoms. The molecule has 132 valence electrons. The molecule has 1 N–H and O–H groups in total. The predicted octanol–water partition coefficient (Wildman–Crippen LogP) is 3.92. The molecular formula is C21H19NO4. The lowest BCUT2D eigenvalue weighted by molar-refractivity contribution is -0.130. The number of carbonyl (C=O) groups is 2. The van der Waals surface area contributed by atoms with E-state index in [4.69, 9.17) is 9.15 Å². The van der Waals surface area contributed by atoms with E-state index < -0.39 is 12.1 Å². The highest BCUT2D eigenvalue weighted by Crippen LogP contribution is 2.28. The molecule has 5 nitrogen and oxygen atoms in total. The van der Waals surface area contributed by atoms with E-state index in [0.717, 1.165) is 18.2 Å². The summed E-state index contributed by atoms with van der Waals surface area (Å²) >= 11 is 0. The summed E-state index contributed by atoms with van der Waals surface area (Å²) in [7, 11) is 0. The Hall–Kier alpha value is -3.08. The van der Waals surface area contributed by atoms with E-state index >= 15 is 0 Å². The van der Waals surface area contributed by atoms with Crippen LogP contribution >= 0.6 is 0 Å². The molecule has 1 aliphatic rings. The number of aryl methyl sites for hydroxylation is 1. The Morgan fingerprint density at radius 1 is 1.08 bits per heavy atom. The van der Waals surface area contributed by atoms with Crippen LogP contribution in [0.4, 0.5) is 0 Å². The van der Waals surface area contributed by atoms with Crippen molar-refractivity contribution >= 4 is 22.8 Å². The first kappa shape index (κ1) is 16.4. The van der Waals surface area contributed by atoms with Crippen LogP contribution in [0.5, 0.6) is 0 Å². The van der Waals surface area contributed by atoms with Gasteiger partial charge in [-0.05, 0) is 25.8 Å². The number of benzene rings is 2. The zero-order valence-electron chi connectivity index (χ0n) is 14.4. The van der Waals surface area contributed by atoms with Crippen LogP contribution in [0.1, 0.15) is 40.6 Å². The third-order valence-electron chi connectivity index (χ3n) is 4.52. The first-order valence-corrected chi connectivity index (χ1v) is 8.68. The van der Waals surface area contributed by atoms with Crippen molar-refractivity contribution in [3.63, 3.8) is 0 Å². The molecular weight excluding hydrogens is 330 g/mol. The molecule has 3 aromatic rings. The maximum absolute atomic E-state index is 12.7. The molecule has 1 aliphatic carbocycles. The number of para-hydroxylation sites is 1. The molecule has 5 heteroatoms. The fraction of sp³-hybridized carbons (Fsp3) is 0.238. The second kappa shape index (κ2) is 6.67. The number of amides is 1. The van der Waals surface area contributed by atoms with E-state index in [9.17, 15) is 9.59 Å². The third kappa shape index (κ3) is 3.20. The van der Waals surface area contributed by atoms with E-state index in [1.165, 1.54) is 0 Å². The van der Waals surface area contributed by atoms with Gasteiger partial charge in [-0.25, -0.2) is 4.79 Å². The highest BCUT2D eigenvalue weighted by Gasteiger charge is 2.32. The van der Waals surface area contributed by atoms with Crippen LogP contribution in [0.2, 0.25) is 0 Å². The van der Waals surface area contributed by atoms with Gasteiger partial charge in [-0.15, -0.1) is 0 Å². The van der Waals surface area contributed by atoms with E-state index in [-0.39, 0.29) is 17.7 Å². The first-order chi connectivity index (χ1) is 12.6. The molecule has 1 aromatic heterocycles. The van der Waals surface area contributed by atoms with Crippen molar-refractivity contribution in [2.24, 2.45) is 0 Å². The van der Waals surface area contributed by atoms with E-state index in [2.05, 4.69) is 5.32 Å². The lowest BCUT2D eigenvalue weighted by Gasteiger charge is -2.17. The lowest BCUT2D eigenvalue weighted by Crippen LogP contribution is -2.33. The van der Waals surface area contributed by atoms with Gasteiger partial charge in [0.25, 0.3) is 5.91 Å². The van der Waals surface area contributed by atoms with Crippen LogP contribution < -0.4 is 5.32 Å². The molecule has 2 aromatic carbocycles. The van der Waals surface area contributed by atoms with Gasteiger partial charge >= 0.3 is 5.97 Å². The van der Waals surface area contributed by atoms with E-state index in [1.807, 2.05) is 43.3 Å². The number of fused-ring (bicyclic) bond motifs is 1. The summed E-state index contributed by atoms with van der Waals surface area (Å²) < 4.78 is 11.2. The summed E-state index contributed by atoms with van der Waals surface area (Å²) in [6.45, 7) is 1.81. The zero-order valence-corrected chi connectivity index (χ0v) is 14.4. The first-order valence-electron chi connectivity index (χ1n) is 8.68. The van der Waals surface area contributed by atoms with Crippen LogP contribution in [-0.4, -0.2) is 17.9 Å². The average Bonchev–Trinajstić information content (AvgIpc) is 3.42. The molecule has 1 saturated carbocycles. The Kier molecular flexibility index (Phi) is 4.21. The summed E-state index contributed by atoms with van der Waals surface area (Å²) in [4.78, 5) is 25.3. The largest absolute Gasteiger partial charge is 0.449 e. The number of hydrogen-bond donors (Lipinski definition) is 1. The molecule has 1 atom stereocenters. The van der Waals surface area contributed by atoms with Crippen molar-refractivity contribution in [1.82, 2.24) is 5.32 Å². The Morgan fingerprint density at radius 2 is 1.77 bits per heavy atom. The van der Waals surface area contributed by atoms with Crippen LogP contribution in [-0.2, 0) is 9.53 Å². The average molecular weight is 349 g/mol. The minimum Gasteiger partial charge on any atom is -0.449 e. The number of nitrogens with one attached hydrogen (secondary N) is 1. The molecule has 0 saturated heterocycles.